The molecule has 0 rings (SSSR count). The third-order valence-electron chi connectivity index (χ3n) is 0.858. The Morgan fingerprint density at radius 3 is 1.86 bits per heavy atom. The van der Waals surface area contributed by atoms with Crippen molar-refractivity contribution >= 4 is 31.8 Å². The summed E-state index contributed by atoms with van der Waals surface area (Å²) in [5.41, 5.74) is 0. The molecule has 0 aromatic heterocycles. The molecule has 5 N–H and O–H groups in total. The molecule has 14 heavy (non-hydrogen) atoms. The van der Waals surface area contributed by atoms with Crippen molar-refractivity contribution in [2.45, 2.75) is 13.0 Å². The number of hydrogen-bond acceptors (Lipinski definition) is 6. The second-order valence-electron chi connectivity index (χ2n) is 2.12. The maximum atomic E-state index is 10.3. The van der Waals surface area contributed by atoms with Crippen LogP contribution in [0, 0.1) is 0 Å². The molecular formula is C5H12BNO6S. The fourth-order valence-electron chi connectivity index (χ4n) is 0.431. The lowest BCUT2D eigenvalue weighted by molar-refractivity contribution is -0.140. The molecule has 0 fully saturated rings. The molecule has 0 aliphatic carbocycles. The highest BCUT2D eigenvalue weighted by Gasteiger charge is 2.15. The number of aliphatic carboxylic acids is 1. The van der Waals surface area contributed by atoms with Crippen molar-refractivity contribution < 1.29 is 29.8 Å². The zero-order chi connectivity index (χ0) is 11.7. The van der Waals surface area contributed by atoms with Gasteiger partial charge in [-0.05, 0) is 0 Å². The minimum Gasteiger partial charge on any atom is -0.480 e. The fourth-order valence-corrected chi connectivity index (χ4v) is 0.678. The van der Waals surface area contributed by atoms with E-state index in [4.69, 9.17) is 20.2 Å². The molecule has 0 bridgehead atoms. The topological polar surface area (TPSA) is 127 Å². The summed E-state index contributed by atoms with van der Waals surface area (Å²) in [5.74, 6) is -1.32. The normalized spacial score (nSPS) is 10.6. The SMILES string of the molecule is CC(=O)N[C@@H](CS)C(=O)O.OB(O)O. The monoisotopic (exact) mass is 225 g/mol. The molecule has 1 amide bonds. The van der Waals surface area contributed by atoms with E-state index in [-0.39, 0.29) is 11.7 Å². The summed E-state index contributed by atoms with van der Waals surface area (Å²) in [5, 5.41) is 32.1. The summed E-state index contributed by atoms with van der Waals surface area (Å²) in [6.07, 6.45) is 0. The molecule has 0 aromatic carbocycles. The fraction of sp³-hybridized carbons (Fsp3) is 0.600. The highest BCUT2D eigenvalue weighted by atomic mass is 32.1. The molecule has 0 aromatic rings. The summed E-state index contributed by atoms with van der Waals surface area (Å²) < 4.78 is 0. The second kappa shape index (κ2) is 8.82. The van der Waals surface area contributed by atoms with E-state index in [1.165, 1.54) is 6.92 Å². The van der Waals surface area contributed by atoms with Crippen molar-refractivity contribution in [3.05, 3.63) is 0 Å². The van der Waals surface area contributed by atoms with Crippen molar-refractivity contribution in [2.24, 2.45) is 0 Å². The molecule has 0 unspecified atom stereocenters. The third-order valence-corrected chi connectivity index (χ3v) is 1.22. The Balaban J connectivity index is 0. The first-order chi connectivity index (χ1) is 6.31. The van der Waals surface area contributed by atoms with Crippen LogP contribution in [0.4, 0.5) is 0 Å². The van der Waals surface area contributed by atoms with E-state index in [9.17, 15) is 9.59 Å². The van der Waals surface area contributed by atoms with Gasteiger partial charge in [0.1, 0.15) is 6.04 Å². The molecule has 82 valence electrons. The van der Waals surface area contributed by atoms with Gasteiger partial charge in [-0.15, -0.1) is 0 Å². The maximum Gasteiger partial charge on any atom is 0.631 e. The van der Waals surface area contributed by atoms with E-state index in [1.54, 1.807) is 0 Å². The van der Waals surface area contributed by atoms with Crippen LogP contribution in [0.5, 0.6) is 0 Å². The molecule has 0 radical (unpaired) electrons. The molecule has 0 saturated heterocycles. The third kappa shape index (κ3) is 13.8. The predicted octanol–water partition coefficient (Wildman–Crippen LogP) is -2.55. The highest BCUT2D eigenvalue weighted by molar-refractivity contribution is 7.80. The van der Waals surface area contributed by atoms with Crippen LogP contribution in [0.3, 0.4) is 0 Å². The smallest absolute Gasteiger partial charge is 0.480 e. The second-order valence-corrected chi connectivity index (χ2v) is 2.49. The van der Waals surface area contributed by atoms with E-state index in [1.807, 2.05) is 0 Å². The summed E-state index contributed by atoms with van der Waals surface area (Å²) in [6.45, 7) is 1.26. The van der Waals surface area contributed by atoms with Gasteiger partial charge in [0, 0.05) is 12.7 Å². The van der Waals surface area contributed by atoms with Crippen LogP contribution in [0.25, 0.3) is 0 Å². The van der Waals surface area contributed by atoms with Crippen molar-refractivity contribution in [1.82, 2.24) is 5.32 Å². The maximum absolute atomic E-state index is 10.3. The van der Waals surface area contributed by atoms with Gasteiger partial charge in [-0.1, -0.05) is 0 Å². The minimum absolute atomic E-state index is 0.106. The lowest BCUT2D eigenvalue weighted by Crippen LogP contribution is -2.40. The number of carbonyl (C=O) groups is 2. The Hall–Kier alpha value is -0.765. The molecule has 7 nitrogen and oxygen atoms in total. The average molecular weight is 225 g/mol. The van der Waals surface area contributed by atoms with Gasteiger partial charge < -0.3 is 25.5 Å². The molecule has 0 saturated carbocycles. The number of hydrogen-bond donors (Lipinski definition) is 6. The van der Waals surface area contributed by atoms with Gasteiger partial charge in [0.05, 0.1) is 0 Å². The Morgan fingerprint density at radius 2 is 1.79 bits per heavy atom. The summed E-state index contributed by atoms with van der Waals surface area (Å²) in [4.78, 5) is 20.5. The first-order valence-electron chi connectivity index (χ1n) is 3.46. The number of carboxylic acid groups (broad SMARTS) is 1. The van der Waals surface area contributed by atoms with Crippen LogP contribution in [0.1, 0.15) is 6.92 Å². The van der Waals surface area contributed by atoms with Crippen LogP contribution < -0.4 is 5.32 Å². The molecule has 1 atom stereocenters. The van der Waals surface area contributed by atoms with Gasteiger partial charge in [0.25, 0.3) is 0 Å². The molecular weight excluding hydrogens is 213 g/mol. The Morgan fingerprint density at radius 1 is 1.43 bits per heavy atom. The van der Waals surface area contributed by atoms with E-state index < -0.39 is 19.3 Å². The number of carbonyl (C=O) groups excluding carboxylic acids is 1. The van der Waals surface area contributed by atoms with Crippen molar-refractivity contribution in [3.8, 4) is 0 Å². The van der Waals surface area contributed by atoms with Gasteiger partial charge in [-0.3, -0.25) is 4.79 Å². The average Bonchev–Trinajstić information content (AvgIpc) is 1.98. The summed E-state index contributed by atoms with van der Waals surface area (Å²) in [6, 6.07) is -0.874. The molecule has 0 heterocycles. The lowest BCUT2D eigenvalue weighted by Gasteiger charge is -2.08. The zero-order valence-electron chi connectivity index (χ0n) is 7.41. The first-order valence-corrected chi connectivity index (χ1v) is 4.09. The van der Waals surface area contributed by atoms with Gasteiger partial charge in [0.2, 0.25) is 5.91 Å². The number of rotatable bonds is 3. The van der Waals surface area contributed by atoms with Crippen molar-refractivity contribution in [1.29, 1.82) is 0 Å². The van der Waals surface area contributed by atoms with E-state index in [0.717, 1.165) is 0 Å². The van der Waals surface area contributed by atoms with E-state index in [0.29, 0.717) is 0 Å². The quantitative estimate of drug-likeness (QED) is 0.232. The lowest BCUT2D eigenvalue weighted by atomic mass is 10.3. The van der Waals surface area contributed by atoms with Crippen molar-refractivity contribution in [2.75, 3.05) is 5.75 Å². The van der Waals surface area contributed by atoms with Crippen LogP contribution in [-0.2, 0) is 9.59 Å². The Bertz CT molecular complexity index is 186. The first kappa shape index (κ1) is 15.7. The van der Waals surface area contributed by atoms with Gasteiger partial charge >= 0.3 is 13.3 Å². The molecule has 0 aliphatic rings. The van der Waals surface area contributed by atoms with Crippen LogP contribution in [0.2, 0.25) is 0 Å². The summed E-state index contributed by atoms with van der Waals surface area (Å²) in [7, 11) is -2.17. The van der Waals surface area contributed by atoms with Gasteiger partial charge in [-0.25, -0.2) is 4.79 Å². The summed E-state index contributed by atoms with van der Waals surface area (Å²) >= 11 is 3.73. The minimum atomic E-state index is -2.17. The number of thiol groups is 1. The van der Waals surface area contributed by atoms with Crippen LogP contribution >= 0.6 is 12.6 Å². The highest BCUT2D eigenvalue weighted by Crippen LogP contribution is 1.86. The molecule has 9 heteroatoms. The van der Waals surface area contributed by atoms with Gasteiger partial charge in [-0.2, -0.15) is 12.6 Å². The molecule has 0 aliphatic heterocycles. The zero-order valence-corrected chi connectivity index (χ0v) is 8.31. The Labute approximate surface area is 86.3 Å². The van der Waals surface area contributed by atoms with Gasteiger partial charge in [0.15, 0.2) is 0 Å². The largest absolute Gasteiger partial charge is 0.631 e. The Kier molecular flexibility index (Phi) is 9.88. The van der Waals surface area contributed by atoms with Crippen LogP contribution in [-0.4, -0.2) is 51.2 Å². The number of nitrogens with one attached hydrogen (secondary N) is 1. The standard InChI is InChI=1S/C5H9NO3S.BH3O3/c1-3(7)6-4(2-10)5(8)9;2-1(3)4/h4,10H,2H2,1H3,(H,6,7)(H,8,9);2-4H/t4-;/m0./s1. The van der Waals surface area contributed by atoms with E-state index >= 15 is 0 Å². The molecule has 0 spiro atoms. The number of carboxylic acids is 1. The van der Waals surface area contributed by atoms with Crippen molar-refractivity contribution in [3.63, 3.8) is 0 Å². The van der Waals surface area contributed by atoms with E-state index in [2.05, 4.69) is 17.9 Å². The predicted molar refractivity (Wildman–Crippen MR) is 51.5 cm³/mol. The number of amides is 1. The van der Waals surface area contributed by atoms with Crippen LogP contribution in [0.15, 0.2) is 0 Å².